The van der Waals surface area contributed by atoms with Gasteiger partial charge in [-0.05, 0) is 118 Å². The van der Waals surface area contributed by atoms with Crippen molar-refractivity contribution in [2.75, 3.05) is 63.2 Å². The van der Waals surface area contributed by atoms with Crippen LogP contribution >= 0.6 is 11.8 Å². The number of carbonyl (C=O) groups is 2. The summed E-state index contributed by atoms with van der Waals surface area (Å²) in [5.74, 6) is -0.372. The summed E-state index contributed by atoms with van der Waals surface area (Å²) >= 11 is 1.69. The van der Waals surface area contributed by atoms with E-state index in [9.17, 15) is 22.8 Å². The van der Waals surface area contributed by atoms with E-state index in [1.165, 1.54) is 30.8 Å². The molecule has 3 aliphatic heterocycles. The fourth-order valence-corrected chi connectivity index (χ4v) is 11.2. The molecule has 3 saturated heterocycles. The second-order valence-corrected chi connectivity index (χ2v) is 18.5. The smallest absolute Gasteiger partial charge is 0.381 e. The number of nitrogens with zero attached hydrogens (tertiary/aromatic N) is 6. The predicted molar refractivity (Wildman–Crippen MR) is 227 cm³/mol. The molecule has 2 aromatic heterocycles. The third kappa shape index (κ3) is 10.2. The molecule has 8 rings (SSSR count). The fraction of sp³-hybridized carbons (Fsp3) is 0.533. The summed E-state index contributed by atoms with van der Waals surface area (Å²) in [4.78, 5) is 37.3. The molecule has 0 bridgehead atoms. The maximum absolute atomic E-state index is 15.4. The number of nitrogens with one attached hydrogen (secondary N) is 2. The molecule has 1 aliphatic carbocycles. The standard InChI is InChI=1S/C45H54F4N8O3S/c1-50-42(59)37(3-2-20-58)31-4-6-33(7-5-31)56-16-10-30(11-17-56)28-55-18-14-44(15-19-55)24-36(25-44)61-35-8-9-40(39(46)23-35)53-43-51-27-38(45(47,48)49)41(54-43)32-26-52-57(29-32)34-12-21-60-22-13-34/h4-9,20,23,26-27,29-30,34,36-37H,2-3,10-19,21-22,24-25,28H2,1H3,(H,50,59)(H,51,53,54). The Morgan fingerprint density at radius 3 is 2.43 bits per heavy atom. The Kier molecular flexibility index (Phi) is 13.3. The molecule has 1 amide bonds. The normalized spacial score (nSPS) is 19.7. The predicted octanol–water partition coefficient (Wildman–Crippen LogP) is 8.66. The zero-order valence-corrected chi connectivity index (χ0v) is 35.3. The minimum absolute atomic E-state index is 0.0321. The highest BCUT2D eigenvalue weighted by atomic mass is 32.2. The van der Waals surface area contributed by atoms with Crippen molar-refractivity contribution < 1.29 is 31.9 Å². The first-order valence-electron chi connectivity index (χ1n) is 21.5. The molecule has 1 saturated carbocycles. The van der Waals surface area contributed by atoms with Crippen LogP contribution in [0.5, 0.6) is 0 Å². The second-order valence-electron chi connectivity index (χ2n) is 17.2. The lowest BCUT2D eigenvalue weighted by Gasteiger charge is -2.52. The molecular weight excluding hydrogens is 809 g/mol. The maximum Gasteiger partial charge on any atom is 0.419 e. The molecule has 0 radical (unpaired) electrons. The number of likely N-dealkylation sites (N-methyl/N-ethyl adjacent to an activating group) is 1. The van der Waals surface area contributed by atoms with Crippen LogP contribution in [-0.4, -0.2) is 95.1 Å². The van der Waals surface area contributed by atoms with Crippen molar-refractivity contribution >= 4 is 41.3 Å². The van der Waals surface area contributed by atoms with Crippen molar-refractivity contribution in [3.05, 3.63) is 78.0 Å². The summed E-state index contributed by atoms with van der Waals surface area (Å²) < 4.78 is 64.6. The van der Waals surface area contributed by atoms with E-state index in [4.69, 9.17) is 4.74 Å². The number of anilines is 3. The van der Waals surface area contributed by atoms with Gasteiger partial charge in [0.15, 0.2) is 0 Å². The SMILES string of the molecule is CNC(=O)C(CCC=O)c1ccc(N2CCC(CN3CCC4(CC3)CC(Sc3ccc(Nc5ncc(C(F)(F)F)c(-c6cnn(C7CCOCC7)c6)n5)c(F)c3)C4)CC2)cc1. The molecule has 5 heterocycles. The van der Waals surface area contributed by atoms with Gasteiger partial charge in [-0.2, -0.15) is 18.3 Å². The summed E-state index contributed by atoms with van der Waals surface area (Å²) in [5, 5.41) is 10.3. The molecule has 4 fully saturated rings. The minimum Gasteiger partial charge on any atom is -0.381 e. The van der Waals surface area contributed by atoms with Gasteiger partial charge in [0.05, 0.1) is 29.5 Å². The maximum atomic E-state index is 15.4. The number of rotatable bonds is 14. The Morgan fingerprint density at radius 1 is 1.02 bits per heavy atom. The van der Waals surface area contributed by atoms with Crippen LogP contribution in [0, 0.1) is 17.2 Å². The Labute approximate surface area is 358 Å². The van der Waals surface area contributed by atoms with Crippen molar-refractivity contribution in [1.82, 2.24) is 30.0 Å². The number of piperidine rings is 2. The Balaban J connectivity index is 0.786. The summed E-state index contributed by atoms with van der Waals surface area (Å²) in [6.45, 7) is 6.50. The Morgan fingerprint density at radius 2 is 1.75 bits per heavy atom. The molecule has 16 heteroatoms. The number of aldehydes is 1. The molecule has 61 heavy (non-hydrogen) atoms. The second kappa shape index (κ2) is 18.8. The van der Waals surface area contributed by atoms with Crippen LogP contribution < -0.4 is 15.5 Å². The summed E-state index contributed by atoms with van der Waals surface area (Å²) in [6.07, 6.45) is 9.03. The lowest BCUT2D eigenvalue weighted by molar-refractivity contribution is -0.137. The van der Waals surface area contributed by atoms with Crippen LogP contribution in [0.4, 0.5) is 34.9 Å². The number of likely N-dealkylation sites (tertiary alicyclic amines) is 1. The molecule has 1 spiro atoms. The number of halogens is 4. The number of hydrogen-bond donors (Lipinski definition) is 2. The Hall–Kier alpha value is -4.54. The molecule has 2 N–H and O–H groups in total. The van der Waals surface area contributed by atoms with E-state index in [0.29, 0.717) is 42.6 Å². The van der Waals surface area contributed by atoms with E-state index in [2.05, 4.69) is 47.6 Å². The molecule has 1 unspecified atom stereocenters. The number of ether oxygens (including phenoxy) is 1. The average Bonchev–Trinajstić information content (AvgIpc) is 3.76. The molecule has 2 aromatic carbocycles. The van der Waals surface area contributed by atoms with E-state index in [0.717, 1.165) is 94.2 Å². The first-order chi connectivity index (χ1) is 29.5. The van der Waals surface area contributed by atoms with Gasteiger partial charge in [0.2, 0.25) is 11.9 Å². The lowest BCUT2D eigenvalue weighted by atomic mass is 9.63. The van der Waals surface area contributed by atoms with Crippen LogP contribution in [0.2, 0.25) is 0 Å². The summed E-state index contributed by atoms with van der Waals surface area (Å²) in [6, 6.07) is 13.2. The molecule has 4 aliphatic rings. The van der Waals surface area contributed by atoms with Gasteiger partial charge in [-0.1, -0.05) is 12.1 Å². The van der Waals surface area contributed by atoms with E-state index in [-0.39, 0.29) is 40.8 Å². The molecule has 1 atom stereocenters. The number of hydrogen-bond acceptors (Lipinski definition) is 10. The molecule has 326 valence electrons. The van der Waals surface area contributed by atoms with Crippen LogP contribution in [-0.2, 0) is 20.5 Å². The van der Waals surface area contributed by atoms with Gasteiger partial charge in [-0.3, -0.25) is 9.48 Å². The van der Waals surface area contributed by atoms with E-state index >= 15 is 4.39 Å². The zero-order valence-electron chi connectivity index (χ0n) is 34.5. The number of carbonyl (C=O) groups excluding carboxylic acids is 2. The van der Waals surface area contributed by atoms with Crippen molar-refractivity contribution in [2.24, 2.45) is 11.3 Å². The minimum atomic E-state index is -4.69. The van der Waals surface area contributed by atoms with Gasteiger partial charge in [-0.25, -0.2) is 14.4 Å². The van der Waals surface area contributed by atoms with Gasteiger partial charge in [0.25, 0.3) is 0 Å². The third-order valence-electron chi connectivity index (χ3n) is 13.2. The average molecular weight is 863 g/mol. The van der Waals surface area contributed by atoms with Crippen LogP contribution in [0.3, 0.4) is 0 Å². The fourth-order valence-electron chi connectivity index (χ4n) is 9.58. The topological polar surface area (TPSA) is 118 Å². The zero-order chi connectivity index (χ0) is 42.6. The van der Waals surface area contributed by atoms with Crippen molar-refractivity contribution in [3.8, 4) is 11.3 Å². The summed E-state index contributed by atoms with van der Waals surface area (Å²) in [5.41, 5.74) is 1.47. The van der Waals surface area contributed by atoms with Crippen LogP contribution in [0.15, 0.2) is 66.0 Å². The number of alkyl halides is 3. The number of amides is 1. The monoisotopic (exact) mass is 862 g/mol. The quantitative estimate of drug-likeness (QED) is 0.0943. The van der Waals surface area contributed by atoms with Gasteiger partial charge in [0, 0.05) is 80.1 Å². The summed E-state index contributed by atoms with van der Waals surface area (Å²) in [7, 11) is 1.63. The van der Waals surface area contributed by atoms with Crippen molar-refractivity contribution in [1.29, 1.82) is 0 Å². The highest BCUT2D eigenvalue weighted by molar-refractivity contribution is 8.00. The number of thioether (sulfide) groups is 1. The lowest BCUT2D eigenvalue weighted by Crippen LogP contribution is -2.49. The van der Waals surface area contributed by atoms with Gasteiger partial charge < -0.3 is 30.0 Å². The highest BCUT2D eigenvalue weighted by Gasteiger charge is 2.46. The first-order valence-corrected chi connectivity index (χ1v) is 22.4. The van der Waals surface area contributed by atoms with Crippen molar-refractivity contribution in [2.45, 2.75) is 92.5 Å². The van der Waals surface area contributed by atoms with E-state index in [1.807, 2.05) is 18.2 Å². The Bertz CT molecular complexity index is 2120. The van der Waals surface area contributed by atoms with Gasteiger partial charge in [0.1, 0.15) is 17.7 Å². The molecule has 11 nitrogen and oxygen atoms in total. The molecular formula is C45H54F4N8O3S. The first kappa shape index (κ1) is 43.1. The van der Waals surface area contributed by atoms with Crippen LogP contribution in [0.1, 0.15) is 87.3 Å². The third-order valence-corrected chi connectivity index (χ3v) is 14.4. The van der Waals surface area contributed by atoms with Gasteiger partial charge in [-0.15, -0.1) is 11.8 Å². The largest absolute Gasteiger partial charge is 0.419 e. The van der Waals surface area contributed by atoms with E-state index < -0.39 is 17.6 Å². The number of aromatic nitrogens is 4. The van der Waals surface area contributed by atoms with Gasteiger partial charge >= 0.3 is 6.18 Å². The molecule has 4 aromatic rings. The van der Waals surface area contributed by atoms with Crippen molar-refractivity contribution in [3.63, 3.8) is 0 Å². The highest BCUT2D eigenvalue weighted by Crippen LogP contribution is 2.55. The number of benzene rings is 2. The van der Waals surface area contributed by atoms with E-state index in [1.54, 1.807) is 35.8 Å². The van der Waals surface area contributed by atoms with Crippen LogP contribution in [0.25, 0.3) is 11.3 Å².